The van der Waals surface area contributed by atoms with Crippen molar-refractivity contribution in [3.05, 3.63) is 52.8 Å². The Morgan fingerprint density at radius 2 is 1.85 bits per heavy atom. The second-order valence-corrected chi connectivity index (χ2v) is 6.13. The lowest BCUT2D eigenvalue weighted by molar-refractivity contribution is -0.121. The largest absolute Gasteiger partial charge is 0.355 e. The SMILES string of the molecule is CCN(CC)CCNC(=O)CCCn1nc(-c2ccccc2)ccc1=O. The van der Waals surface area contributed by atoms with E-state index in [0.29, 0.717) is 25.9 Å². The maximum absolute atomic E-state index is 12.0. The third kappa shape index (κ3) is 6.11. The van der Waals surface area contributed by atoms with Gasteiger partial charge in [0.1, 0.15) is 0 Å². The van der Waals surface area contributed by atoms with Crippen molar-refractivity contribution in [1.82, 2.24) is 20.0 Å². The summed E-state index contributed by atoms with van der Waals surface area (Å²) >= 11 is 0. The van der Waals surface area contributed by atoms with Crippen molar-refractivity contribution in [1.29, 1.82) is 0 Å². The molecule has 0 aliphatic carbocycles. The van der Waals surface area contributed by atoms with Crippen LogP contribution in [-0.4, -0.2) is 46.8 Å². The Bertz CT molecular complexity index is 739. The van der Waals surface area contributed by atoms with Gasteiger partial charge in [-0.05, 0) is 25.6 Å². The van der Waals surface area contributed by atoms with Crippen LogP contribution in [0.1, 0.15) is 26.7 Å². The van der Waals surface area contributed by atoms with E-state index in [9.17, 15) is 9.59 Å². The molecule has 6 heteroatoms. The first kappa shape index (κ1) is 19.8. The number of aromatic nitrogens is 2. The van der Waals surface area contributed by atoms with E-state index in [0.717, 1.165) is 30.9 Å². The van der Waals surface area contributed by atoms with Crippen LogP contribution in [0.4, 0.5) is 0 Å². The Morgan fingerprint density at radius 1 is 1.12 bits per heavy atom. The molecule has 26 heavy (non-hydrogen) atoms. The molecule has 0 atom stereocenters. The highest BCUT2D eigenvalue weighted by atomic mass is 16.1. The molecular weight excluding hydrogens is 328 g/mol. The molecule has 6 nitrogen and oxygen atoms in total. The first-order valence-electron chi connectivity index (χ1n) is 9.26. The average molecular weight is 356 g/mol. The molecule has 140 valence electrons. The van der Waals surface area contributed by atoms with Crippen LogP contribution in [0.3, 0.4) is 0 Å². The van der Waals surface area contributed by atoms with Gasteiger partial charge in [0, 0.05) is 37.7 Å². The van der Waals surface area contributed by atoms with E-state index in [1.165, 1.54) is 10.7 Å². The number of carbonyl (C=O) groups excluding carboxylic acids is 1. The molecule has 2 aromatic rings. The van der Waals surface area contributed by atoms with Gasteiger partial charge in [0.15, 0.2) is 0 Å². The molecule has 0 saturated carbocycles. The lowest BCUT2D eigenvalue weighted by Crippen LogP contribution is -2.34. The first-order chi connectivity index (χ1) is 12.6. The van der Waals surface area contributed by atoms with Crippen molar-refractivity contribution in [2.24, 2.45) is 0 Å². The maximum atomic E-state index is 12.0. The van der Waals surface area contributed by atoms with Crippen molar-refractivity contribution >= 4 is 5.91 Å². The van der Waals surface area contributed by atoms with Crippen LogP contribution in [0.5, 0.6) is 0 Å². The van der Waals surface area contributed by atoms with Gasteiger partial charge in [0.05, 0.1) is 5.69 Å². The number of rotatable bonds is 10. The Hall–Kier alpha value is -2.47. The van der Waals surface area contributed by atoms with E-state index in [-0.39, 0.29) is 11.5 Å². The van der Waals surface area contributed by atoms with Crippen LogP contribution in [0.2, 0.25) is 0 Å². The van der Waals surface area contributed by atoms with Crippen molar-refractivity contribution in [3.8, 4) is 11.3 Å². The number of nitrogens with one attached hydrogen (secondary N) is 1. The van der Waals surface area contributed by atoms with E-state index < -0.39 is 0 Å². The molecule has 0 spiro atoms. The molecule has 2 rings (SSSR count). The van der Waals surface area contributed by atoms with Crippen LogP contribution in [-0.2, 0) is 11.3 Å². The number of likely N-dealkylation sites (N-methyl/N-ethyl adjacent to an activating group) is 1. The van der Waals surface area contributed by atoms with Gasteiger partial charge < -0.3 is 10.2 Å². The van der Waals surface area contributed by atoms with Crippen LogP contribution in [0, 0.1) is 0 Å². The van der Waals surface area contributed by atoms with Crippen molar-refractivity contribution in [2.75, 3.05) is 26.2 Å². The number of aryl methyl sites for hydroxylation is 1. The number of hydrogen-bond donors (Lipinski definition) is 1. The van der Waals surface area contributed by atoms with E-state index in [2.05, 4.69) is 29.2 Å². The van der Waals surface area contributed by atoms with E-state index in [1.807, 2.05) is 30.3 Å². The minimum absolute atomic E-state index is 0.0180. The fraction of sp³-hybridized carbons (Fsp3) is 0.450. The number of benzene rings is 1. The average Bonchev–Trinajstić information content (AvgIpc) is 2.67. The molecule has 0 bridgehead atoms. The highest BCUT2D eigenvalue weighted by molar-refractivity contribution is 5.75. The normalized spacial score (nSPS) is 10.9. The summed E-state index contributed by atoms with van der Waals surface area (Å²) in [5.41, 5.74) is 1.58. The molecule has 0 saturated heterocycles. The van der Waals surface area contributed by atoms with E-state index >= 15 is 0 Å². The van der Waals surface area contributed by atoms with Gasteiger partial charge in [0.2, 0.25) is 5.91 Å². The predicted octanol–water partition coefficient (Wildman–Crippen LogP) is 2.15. The zero-order valence-electron chi connectivity index (χ0n) is 15.6. The summed E-state index contributed by atoms with van der Waals surface area (Å²) in [6, 6.07) is 13.0. The van der Waals surface area contributed by atoms with Gasteiger partial charge in [-0.15, -0.1) is 0 Å². The van der Waals surface area contributed by atoms with Crippen LogP contribution in [0.15, 0.2) is 47.3 Å². The lowest BCUT2D eigenvalue weighted by Gasteiger charge is -2.17. The van der Waals surface area contributed by atoms with Crippen molar-refractivity contribution in [2.45, 2.75) is 33.2 Å². The smallest absolute Gasteiger partial charge is 0.266 e. The highest BCUT2D eigenvalue weighted by Gasteiger charge is 2.06. The minimum Gasteiger partial charge on any atom is -0.355 e. The Kier molecular flexibility index (Phi) is 8.02. The summed E-state index contributed by atoms with van der Waals surface area (Å²) in [5.74, 6) is 0.0180. The van der Waals surface area contributed by atoms with Gasteiger partial charge in [-0.2, -0.15) is 5.10 Å². The van der Waals surface area contributed by atoms with E-state index in [4.69, 9.17) is 0 Å². The first-order valence-corrected chi connectivity index (χ1v) is 9.26. The Labute approximate surface area is 154 Å². The Morgan fingerprint density at radius 3 is 2.54 bits per heavy atom. The van der Waals surface area contributed by atoms with Gasteiger partial charge >= 0.3 is 0 Å². The molecule has 0 fully saturated rings. The van der Waals surface area contributed by atoms with Gasteiger partial charge in [0.25, 0.3) is 5.56 Å². The summed E-state index contributed by atoms with van der Waals surface area (Å²) in [6.07, 6.45) is 0.976. The minimum atomic E-state index is -0.147. The molecule has 1 heterocycles. The zero-order chi connectivity index (χ0) is 18.8. The summed E-state index contributed by atoms with van der Waals surface area (Å²) in [7, 11) is 0. The third-order valence-electron chi connectivity index (χ3n) is 4.35. The zero-order valence-corrected chi connectivity index (χ0v) is 15.6. The summed E-state index contributed by atoms with van der Waals surface area (Å²) < 4.78 is 1.44. The third-order valence-corrected chi connectivity index (χ3v) is 4.35. The van der Waals surface area contributed by atoms with Gasteiger partial charge in [-0.3, -0.25) is 9.59 Å². The second-order valence-electron chi connectivity index (χ2n) is 6.13. The quantitative estimate of drug-likeness (QED) is 0.708. The molecule has 1 N–H and O–H groups in total. The fourth-order valence-electron chi connectivity index (χ4n) is 2.74. The van der Waals surface area contributed by atoms with Crippen molar-refractivity contribution < 1.29 is 4.79 Å². The van der Waals surface area contributed by atoms with Gasteiger partial charge in [-0.25, -0.2) is 4.68 Å². The summed E-state index contributed by atoms with van der Waals surface area (Å²) in [4.78, 5) is 26.2. The summed E-state index contributed by atoms with van der Waals surface area (Å²) in [5, 5.41) is 7.34. The maximum Gasteiger partial charge on any atom is 0.266 e. The highest BCUT2D eigenvalue weighted by Crippen LogP contribution is 2.14. The molecule has 0 aliphatic rings. The lowest BCUT2D eigenvalue weighted by atomic mass is 10.1. The van der Waals surface area contributed by atoms with Gasteiger partial charge in [-0.1, -0.05) is 44.2 Å². The molecule has 0 unspecified atom stereocenters. The Balaban J connectivity index is 1.82. The van der Waals surface area contributed by atoms with Crippen LogP contribution >= 0.6 is 0 Å². The second kappa shape index (κ2) is 10.5. The standard InChI is InChI=1S/C20H28N4O2/c1-3-23(4-2)16-14-21-19(25)11-8-15-24-20(26)13-12-18(22-24)17-9-6-5-7-10-17/h5-7,9-10,12-13H,3-4,8,11,14-16H2,1-2H3,(H,21,25). The number of hydrogen-bond acceptors (Lipinski definition) is 4. The molecule has 0 radical (unpaired) electrons. The van der Waals surface area contributed by atoms with Crippen LogP contribution < -0.4 is 10.9 Å². The van der Waals surface area contributed by atoms with E-state index in [1.54, 1.807) is 6.07 Å². The topological polar surface area (TPSA) is 67.2 Å². The van der Waals surface area contributed by atoms with Crippen molar-refractivity contribution in [3.63, 3.8) is 0 Å². The van der Waals surface area contributed by atoms with Crippen LogP contribution in [0.25, 0.3) is 11.3 Å². The molecular formula is C20H28N4O2. The molecule has 1 aromatic carbocycles. The number of carbonyl (C=O) groups is 1. The molecule has 1 aromatic heterocycles. The molecule has 0 aliphatic heterocycles. The monoisotopic (exact) mass is 356 g/mol. The number of amides is 1. The molecule has 1 amide bonds. The predicted molar refractivity (Wildman–Crippen MR) is 104 cm³/mol. The fourth-order valence-corrected chi connectivity index (χ4v) is 2.74. The number of nitrogens with zero attached hydrogens (tertiary/aromatic N) is 3. The summed E-state index contributed by atoms with van der Waals surface area (Å²) in [6.45, 7) is 8.14.